The fourth-order valence-corrected chi connectivity index (χ4v) is 3.73. The predicted molar refractivity (Wildman–Crippen MR) is 92.6 cm³/mol. The van der Waals surface area contributed by atoms with Gasteiger partial charge < -0.3 is 9.64 Å². The summed E-state index contributed by atoms with van der Waals surface area (Å²) in [7, 11) is 0. The van der Waals surface area contributed by atoms with Crippen LogP contribution in [0.3, 0.4) is 0 Å². The molecule has 0 radical (unpaired) electrons. The molecule has 0 spiro atoms. The summed E-state index contributed by atoms with van der Waals surface area (Å²) in [6, 6.07) is 6.29. The van der Waals surface area contributed by atoms with E-state index in [0.29, 0.717) is 38.3 Å². The van der Waals surface area contributed by atoms with Gasteiger partial charge in [-0.2, -0.15) is 0 Å². The Bertz CT molecular complexity index is 565. The molecule has 126 valence electrons. The molecule has 1 aromatic carbocycles. The lowest BCUT2D eigenvalue weighted by molar-refractivity contribution is -0.151. The van der Waals surface area contributed by atoms with E-state index in [4.69, 9.17) is 4.74 Å². The van der Waals surface area contributed by atoms with Gasteiger partial charge in [0.15, 0.2) is 0 Å². The largest absolute Gasteiger partial charge is 0.466 e. The molecule has 1 aliphatic heterocycles. The third-order valence-electron chi connectivity index (χ3n) is 4.15. The number of carbonyl (C=O) groups is 2. The number of benzene rings is 1. The van der Waals surface area contributed by atoms with Crippen molar-refractivity contribution in [3.63, 3.8) is 0 Å². The average Bonchev–Trinajstić information content (AvgIpc) is 2.54. The third-order valence-corrected chi connectivity index (χ3v) is 5.31. The highest BCUT2D eigenvalue weighted by Crippen LogP contribution is 2.25. The van der Waals surface area contributed by atoms with Crippen molar-refractivity contribution < 1.29 is 14.3 Å². The normalized spacial score (nSPS) is 15.5. The second kappa shape index (κ2) is 8.39. The number of amides is 1. The second-order valence-electron chi connectivity index (χ2n) is 5.96. The number of aryl methyl sites for hydroxylation is 2. The SMILES string of the molecule is CCOC(=O)C1CCN(C(=O)CSc2ccc(C)cc2C)CC1. The summed E-state index contributed by atoms with van der Waals surface area (Å²) in [6.07, 6.45) is 1.41. The molecule has 0 atom stereocenters. The van der Waals surface area contributed by atoms with Gasteiger partial charge in [0.1, 0.15) is 0 Å². The number of ether oxygens (including phenoxy) is 1. The van der Waals surface area contributed by atoms with E-state index in [0.717, 1.165) is 4.90 Å². The quantitative estimate of drug-likeness (QED) is 0.612. The summed E-state index contributed by atoms with van der Waals surface area (Å²) in [5.41, 5.74) is 2.45. The summed E-state index contributed by atoms with van der Waals surface area (Å²) in [5, 5.41) is 0. The molecule has 0 aromatic heterocycles. The summed E-state index contributed by atoms with van der Waals surface area (Å²) in [6.45, 7) is 7.68. The van der Waals surface area contributed by atoms with E-state index in [1.54, 1.807) is 11.8 Å². The van der Waals surface area contributed by atoms with Gasteiger partial charge in [-0.25, -0.2) is 0 Å². The maximum absolute atomic E-state index is 12.3. The maximum Gasteiger partial charge on any atom is 0.309 e. The molecule has 1 amide bonds. The number of likely N-dealkylation sites (tertiary alicyclic amines) is 1. The standard InChI is InChI=1S/C18H25NO3S/c1-4-22-18(21)15-7-9-19(10-8-15)17(20)12-23-16-6-5-13(2)11-14(16)3/h5-6,11,15H,4,7-10,12H2,1-3H3. The Labute approximate surface area is 142 Å². The highest BCUT2D eigenvalue weighted by Gasteiger charge is 2.28. The Morgan fingerprint density at radius 1 is 1.26 bits per heavy atom. The minimum atomic E-state index is -0.121. The maximum atomic E-state index is 12.3. The van der Waals surface area contributed by atoms with E-state index >= 15 is 0 Å². The monoisotopic (exact) mass is 335 g/mol. The lowest BCUT2D eigenvalue weighted by Crippen LogP contribution is -2.41. The Morgan fingerprint density at radius 3 is 2.57 bits per heavy atom. The molecule has 1 fully saturated rings. The Balaban J connectivity index is 1.80. The highest BCUT2D eigenvalue weighted by atomic mass is 32.2. The minimum absolute atomic E-state index is 0.0500. The molecular formula is C18H25NO3S. The number of rotatable bonds is 5. The molecule has 5 heteroatoms. The van der Waals surface area contributed by atoms with Gasteiger partial charge >= 0.3 is 5.97 Å². The molecule has 1 saturated heterocycles. The van der Waals surface area contributed by atoms with Crippen molar-refractivity contribution in [2.45, 2.75) is 38.5 Å². The van der Waals surface area contributed by atoms with Crippen molar-refractivity contribution in [3.05, 3.63) is 29.3 Å². The topological polar surface area (TPSA) is 46.6 Å². The van der Waals surface area contributed by atoms with E-state index in [2.05, 4.69) is 32.0 Å². The lowest BCUT2D eigenvalue weighted by atomic mass is 9.97. The van der Waals surface area contributed by atoms with Crippen LogP contribution in [0.2, 0.25) is 0 Å². The summed E-state index contributed by atoms with van der Waals surface area (Å²) in [4.78, 5) is 27.1. The molecule has 0 unspecified atom stereocenters. The van der Waals surface area contributed by atoms with Crippen LogP contribution in [0.4, 0.5) is 0 Å². The van der Waals surface area contributed by atoms with E-state index in [1.807, 2.05) is 11.8 Å². The molecule has 0 N–H and O–H groups in total. The Morgan fingerprint density at radius 2 is 1.96 bits per heavy atom. The average molecular weight is 335 g/mol. The van der Waals surface area contributed by atoms with E-state index in [9.17, 15) is 9.59 Å². The van der Waals surface area contributed by atoms with Crippen LogP contribution in [-0.2, 0) is 14.3 Å². The van der Waals surface area contributed by atoms with Gasteiger partial charge in [-0.05, 0) is 45.2 Å². The zero-order valence-corrected chi connectivity index (χ0v) is 14.9. The number of hydrogen-bond acceptors (Lipinski definition) is 4. The van der Waals surface area contributed by atoms with Crippen LogP contribution in [0.1, 0.15) is 30.9 Å². The van der Waals surface area contributed by atoms with Gasteiger partial charge in [0.2, 0.25) is 5.91 Å². The van der Waals surface area contributed by atoms with Crippen LogP contribution in [0.5, 0.6) is 0 Å². The summed E-state index contributed by atoms with van der Waals surface area (Å²) < 4.78 is 5.06. The fourth-order valence-electron chi connectivity index (χ4n) is 2.82. The third kappa shape index (κ3) is 4.99. The van der Waals surface area contributed by atoms with Crippen molar-refractivity contribution in [3.8, 4) is 0 Å². The molecule has 1 heterocycles. The van der Waals surface area contributed by atoms with E-state index in [-0.39, 0.29) is 17.8 Å². The number of piperidine rings is 1. The molecule has 2 rings (SSSR count). The molecule has 1 aromatic rings. The molecular weight excluding hydrogens is 310 g/mol. The van der Waals surface area contributed by atoms with Crippen molar-refractivity contribution >= 4 is 23.6 Å². The Kier molecular flexibility index (Phi) is 6.51. The van der Waals surface area contributed by atoms with Gasteiger partial charge in [0, 0.05) is 18.0 Å². The predicted octanol–water partition coefficient (Wildman–Crippen LogP) is 3.20. The van der Waals surface area contributed by atoms with Gasteiger partial charge in [0.05, 0.1) is 18.3 Å². The highest BCUT2D eigenvalue weighted by molar-refractivity contribution is 8.00. The Hall–Kier alpha value is -1.49. The zero-order chi connectivity index (χ0) is 16.8. The van der Waals surface area contributed by atoms with Crippen LogP contribution < -0.4 is 0 Å². The molecule has 0 saturated carbocycles. The first kappa shape index (κ1) is 17.9. The zero-order valence-electron chi connectivity index (χ0n) is 14.1. The van der Waals surface area contributed by atoms with Gasteiger partial charge in [0.25, 0.3) is 0 Å². The van der Waals surface area contributed by atoms with Crippen LogP contribution in [0.25, 0.3) is 0 Å². The fraction of sp³-hybridized carbons (Fsp3) is 0.556. The summed E-state index contributed by atoms with van der Waals surface area (Å²) in [5.74, 6) is 0.432. The molecule has 23 heavy (non-hydrogen) atoms. The van der Waals surface area contributed by atoms with Crippen molar-refractivity contribution in [1.29, 1.82) is 0 Å². The first-order chi connectivity index (χ1) is 11.0. The summed E-state index contributed by atoms with van der Waals surface area (Å²) >= 11 is 1.59. The molecule has 0 bridgehead atoms. The van der Waals surface area contributed by atoms with Crippen LogP contribution in [0, 0.1) is 19.8 Å². The number of thioether (sulfide) groups is 1. The molecule has 1 aliphatic rings. The van der Waals surface area contributed by atoms with Crippen LogP contribution in [0.15, 0.2) is 23.1 Å². The first-order valence-electron chi connectivity index (χ1n) is 8.15. The number of hydrogen-bond donors (Lipinski definition) is 0. The number of nitrogens with zero attached hydrogens (tertiary/aromatic N) is 1. The van der Waals surface area contributed by atoms with Gasteiger partial charge in [-0.3, -0.25) is 9.59 Å². The van der Waals surface area contributed by atoms with Crippen LogP contribution in [-0.4, -0.2) is 42.2 Å². The molecule has 4 nitrogen and oxygen atoms in total. The second-order valence-corrected chi connectivity index (χ2v) is 6.98. The number of carbonyl (C=O) groups excluding carboxylic acids is 2. The first-order valence-corrected chi connectivity index (χ1v) is 9.14. The number of esters is 1. The van der Waals surface area contributed by atoms with Crippen molar-refractivity contribution in [2.75, 3.05) is 25.4 Å². The minimum Gasteiger partial charge on any atom is -0.466 e. The van der Waals surface area contributed by atoms with Crippen LogP contribution >= 0.6 is 11.8 Å². The van der Waals surface area contributed by atoms with Crippen molar-refractivity contribution in [2.24, 2.45) is 5.92 Å². The van der Waals surface area contributed by atoms with E-state index in [1.165, 1.54) is 11.1 Å². The van der Waals surface area contributed by atoms with Crippen molar-refractivity contribution in [1.82, 2.24) is 4.90 Å². The van der Waals surface area contributed by atoms with Gasteiger partial charge in [-0.1, -0.05) is 17.7 Å². The van der Waals surface area contributed by atoms with Gasteiger partial charge in [-0.15, -0.1) is 11.8 Å². The lowest BCUT2D eigenvalue weighted by Gasteiger charge is -2.30. The molecule has 0 aliphatic carbocycles. The van der Waals surface area contributed by atoms with E-state index < -0.39 is 0 Å². The smallest absolute Gasteiger partial charge is 0.309 e.